The summed E-state index contributed by atoms with van der Waals surface area (Å²) in [5.41, 5.74) is 4.57. The highest BCUT2D eigenvalue weighted by Crippen LogP contribution is 2.27. The topological polar surface area (TPSA) is 95.6 Å². The van der Waals surface area contributed by atoms with Crippen LogP contribution >= 0.6 is 0 Å². The summed E-state index contributed by atoms with van der Waals surface area (Å²) < 4.78 is 0. The Morgan fingerprint density at radius 1 is 0.939 bits per heavy atom. The third kappa shape index (κ3) is 5.03. The number of pyridine rings is 2. The van der Waals surface area contributed by atoms with Crippen LogP contribution in [0.15, 0.2) is 61.1 Å². The first kappa shape index (κ1) is 21.1. The van der Waals surface area contributed by atoms with Crippen molar-refractivity contribution in [2.24, 2.45) is 0 Å². The first-order valence-electron chi connectivity index (χ1n) is 11.6. The Morgan fingerprint density at radius 3 is 2.52 bits per heavy atom. The molecule has 1 amide bonds. The van der Waals surface area contributed by atoms with E-state index in [-0.39, 0.29) is 5.91 Å². The van der Waals surface area contributed by atoms with E-state index in [4.69, 9.17) is 0 Å². The fourth-order valence-electron chi connectivity index (χ4n) is 4.49. The maximum absolute atomic E-state index is 12.5. The van der Waals surface area contributed by atoms with Crippen molar-refractivity contribution in [1.82, 2.24) is 20.2 Å². The van der Waals surface area contributed by atoms with Crippen LogP contribution in [-0.2, 0) is 12.8 Å². The normalized spacial score (nSPS) is 14.3. The number of aromatic nitrogens is 4. The average molecular weight is 441 g/mol. The van der Waals surface area contributed by atoms with E-state index in [9.17, 15) is 4.79 Å². The summed E-state index contributed by atoms with van der Waals surface area (Å²) in [5.74, 6) is 0.808. The predicted molar refractivity (Wildman–Crippen MR) is 130 cm³/mol. The zero-order chi connectivity index (χ0) is 22.5. The number of nitrogens with one attached hydrogen (secondary N) is 3. The van der Waals surface area contributed by atoms with Crippen molar-refractivity contribution in [3.05, 3.63) is 77.9 Å². The van der Waals surface area contributed by atoms with E-state index in [1.165, 1.54) is 37.7 Å². The molecule has 3 aromatic heterocycles. The number of hydrogen-bond acceptors (Lipinski definition) is 5. The molecule has 1 aromatic carbocycles. The predicted octanol–water partition coefficient (Wildman–Crippen LogP) is 5.14. The van der Waals surface area contributed by atoms with Gasteiger partial charge in [0, 0.05) is 41.6 Å². The molecule has 1 saturated carbocycles. The third-order valence-electron chi connectivity index (χ3n) is 6.31. The van der Waals surface area contributed by atoms with Gasteiger partial charge in [-0.05, 0) is 61.6 Å². The molecule has 3 heterocycles. The van der Waals surface area contributed by atoms with Gasteiger partial charge >= 0.3 is 0 Å². The number of amides is 1. The summed E-state index contributed by atoms with van der Waals surface area (Å²) in [6, 6.07) is 13.8. The summed E-state index contributed by atoms with van der Waals surface area (Å²) >= 11 is 0. The maximum atomic E-state index is 12.5. The molecule has 7 heteroatoms. The summed E-state index contributed by atoms with van der Waals surface area (Å²) in [7, 11) is 0. The molecule has 168 valence electrons. The lowest BCUT2D eigenvalue weighted by Gasteiger charge is -2.23. The number of aromatic amines is 1. The lowest BCUT2D eigenvalue weighted by atomic mass is 9.95. The van der Waals surface area contributed by atoms with E-state index in [2.05, 4.69) is 30.8 Å². The van der Waals surface area contributed by atoms with Crippen molar-refractivity contribution in [2.45, 2.75) is 51.0 Å². The minimum atomic E-state index is -0.128. The number of carbonyl (C=O) groups is 1. The number of carbonyl (C=O) groups excluding carboxylic acids is 1. The molecular weight excluding hydrogens is 412 g/mol. The third-order valence-corrected chi connectivity index (χ3v) is 6.31. The fraction of sp³-hybridized carbons (Fsp3) is 0.308. The van der Waals surface area contributed by atoms with Crippen LogP contribution in [0.4, 0.5) is 11.5 Å². The Hall–Kier alpha value is -3.74. The van der Waals surface area contributed by atoms with Crippen molar-refractivity contribution in [3.63, 3.8) is 0 Å². The van der Waals surface area contributed by atoms with Crippen molar-refractivity contribution in [1.29, 1.82) is 0 Å². The van der Waals surface area contributed by atoms with Crippen LogP contribution in [0.2, 0.25) is 0 Å². The van der Waals surface area contributed by atoms with Crippen LogP contribution in [0.5, 0.6) is 0 Å². The van der Waals surface area contributed by atoms with Gasteiger partial charge in [-0.15, -0.1) is 0 Å². The molecule has 1 aliphatic rings. The van der Waals surface area contributed by atoms with Crippen molar-refractivity contribution >= 4 is 28.3 Å². The smallest absolute Gasteiger partial charge is 0.255 e. The van der Waals surface area contributed by atoms with E-state index >= 15 is 0 Å². The Labute approximate surface area is 193 Å². The molecule has 7 nitrogen and oxygen atoms in total. The molecule has 5 rings (SSSR count). The number of nitrogens with zero attached hydrogens (tertiary/aromatic N) is 3. The van der Waals surface area contributed by atoms with Crippen LogP contribution < -0.4 is 10.6 Å². The van der Waals surface area contributed by atoms with E-state index in [0.29, 0.717) is 11.6 Å². The second-order valence-corrected chi connectivity index (χ2v) is 8.62. The van der Waals surface area contributed by atoms with Gasteiger partial charge < -0.3 is 10.6 Å². The second-order valence-electron chi connectivity index (χ2n) is 8.62. The quantitative estimate of drug-likeness (QED) is 0.370. The monoisotopic (exact) mass is 440 g/mol. The molecule has 0 spiro atoms. The van der Waals surface area contributed by atoms with Gasteiger partial charge in [0.2, 0.25) is 0 Å². The van der Waals surface area contributed by atoms with Crippen LogP contribution in [-0.4, -0.2) is 32.1 Å². The highest BCUT2D eigenvalue weighted by molar-refractivity contribution is 6.04. The van der Waals surface area contributed by atoms with Crippen molar-refractivity contribution < 1.29 is 4.79 Å². The minimum absolute atomic E-state index is 0.128. The molecule has 0 radical (unpaired) electrons. The molecule has 4 aromatic rings. The van der Waals surface area contributed by atoms with E-state index in [0.717, 1.165) is 40.9 Å². The van der Waals surface area contributed by atoms with Crippen LogP contribution in [0.25, 0.3) is 10.9 Å². The fourth-order valence-corrected chi connectivity index (χ4v) is 4.49. The van der Waals surface area contributed by atoms with Gasteiger partial charge in [-0.25, -0.2) is 4.98 Å². The molecule has 0 unspecified atom stereocenters. The Kier molecular flexibility index (Phi) is 6.28. The van der Waals surface area contributed by atoms with Gasteiger partial charge in [0.15, 0.2) is 0 Å². The van der Waals surface area contributed by atoms with Crippen molar-refractivity contribution in [3.8, 4) is 0 Å². The molecule has 1 fully saturated rings. The molecule has 33 heavy (non-hydrogen) atoms. The van der Waals surface area contributed by atoms with Crippen LogP contribution in [0.1, 0.15) is 53.7 Å². The molecule has 3 N–H and O–H groups in total. The van der Waals surface area contributed by atoms with Gasteiger partial charge in [-0.3, -0.25) is 14.9 Å². The second kappa shape index (κ2) is 9.81. The zero-order valence-corrected chi connectivity index (χ0v) is 18.6. The summed E-state index contributed by atoms with van der Waals surface area (Å²) in [6.45, 7) is 0. The Morgan fingerprint density at radius 2 is 1.73 bits per heavy atom. The van der Waals surface area contributed by atoms with Gasteiger partial charge in [-0.1, -0.05) is 31.4 Å². The first-order chi connectivity index (χ1) is 16.3. The largest absolute Gasteiger partial charge is 0.367 e. The minimum Gasteiger partial charge on any atom is -0.367 e. The number of benzene rings is 1. The van der Waals surface area contributed by atoms with E-state index in [1.54, 1.807) is 24.5 Å². The van der Waals surface area contributed by atoms with Gasteiger partial charge in [0.1, 0.15) is 5.82 Å². The summed E-state index contributed by atoms with van der Waals surface area (Å²) in [5, 5.41) is 15.4. The number of H-pyrrole nitrogens is 1. The number of rotatable bonds is 7. The first-order valence-corrected chi connectivity index (χ1v) is 11.6. The average Bonchev–Trinajstić information content (AvgIpc) is 3.28. The van der Waals surface area contributed by atoms with E-state index < -0.39 is 0 Å². The summed E-state index contributed by atoms with van der Waals surface area (Å²) in [6.07, 6.45) is 13.1. The lowest BCUT2D eigenvalue weighted by Crippen LogP contribution is -2.23. The van der Waals surface area contributed by atoms with Crippen LogP contribution in [0.3, 0.4) is 0 Å². The highest BCUT2D eigenvalue weighted by Gasteiger charge is 2.17. The molecule has 0 bridgehead atoms. The van der Waals surface area contributed by atoms with E-state index in [1.807, 2.05) is 36.5 Å². The lowest BCUT2D eigenvalue weighted by molar-refractivity contribution is 0.102. The number of fused-ring (bicyclic) bond motifs is 1. The Balaban J connectivity index is 1.25. The Bertz CT molecular complexity index is 1210. The molecule has 0 aliphatic heterocycles. The van der Waals surface area contributed by atoms with Gasteiger partial charge in [0.05, 0.1) is 10.9 Å². The van der Waals surface area contributed by atoms with Crippen LogP contribution in [0, 0.1) is 0 Å². The number of hydrogen-bond donors (Lipinski definition) is 3. The summed E-state index contributed by atoms with van der Waals surface area (Å²) in [4.78, 5) is 21.1. The number of anilines is 2. The van der Waals surface area contributed by atoms with Crippen molar-refractivity contribution in [2.75, 3.05) is 10.6 Å². The molecule has 1 aliphatic carbocycles. The van der Waals surface area contributed by atoms with Gasteiger partial charge in [0.25, 0.3) is 5.91 Å². The molecule has 0 atom stereocenters. The highest BCUT2D eigenvalue weighted by atomic mass is 16.1. The zero-order valence-electron chi connectivity index (χ0n) is 18.6. The molecular formula is C26H28N6O. The number of aryl methyl sites for hydroxylation is 2. The SMILES string of the molecule is O=C(Nc1ccncc1)c1ccc(CCc2[nH]nc3ccnc(NC4CCCCC4)c23)cc1. The molecule has 0 saturated heterocycles. The van der Waals surface area contributed by atoms with Gasteiger partial charge in [-0.2, -0.15) is 5.10 Å². The standard InChI is InChI=1S/C26H28N6O/c33-26(30-21-12-15-27-16-13-21)19-9-6-18(7-10-19)8-11-22-24-23(32-31-22)14-17-28-25(24)29-20-4-2-1-3-5-20/h6-7,9-10,12-17,20H,1-5,8,11H2,(H,28,29)(H,31,32)(H,27,30,33). The maximum Gasteiger partial charge on any atom is 0.255 e.